The van der Waals surface area contributed by atoms with Gasteiger partial charge in [-0.2, -0.15) is 5.10 Å². The van der Waals surface area contributed by atoms with Gasteiger partial charge in [-0.05, 0) is 6.42 Å². The maximum Gasteiger partial charge on any atom is 0.0820 e. The normalized spacial score (nSPS) is 15.1. The van der Waals surface area contributed by atoms with Gasteiger partial charge in [-0.15, -0.1) is 0 Å². The van der Waals surface area contributed by atoms with Gasteiger partial charge >= 0.3 is 0 Å². The molecule has 0 aliphatic carbocycles. The van der Waals surface area contributed by atoms with E-state index in [1.165, 1.54) is 0 Å². The fourth-order valence-electron chi connectivity index (χ4n) is 1.82. The van der Waals surface area contributed by atoms with Crippen molar-refractivity contribution in [3.05, 3.63) is 16.9 Å². The fraction of sp³-hybridized carbons (Fsp3) is 0.727. The van der Waals surface area contributed by atoms with E-state index in [1.807, 2.05) is 4.68 Å². The molecule has 1 rings (SSSR count). The van der Waals surface area contributed by atoms with Gasteiger partial charge < -0.3 is 4.74 Å². The van der Waals surface area contributed by atoms with Gasteiger partial charge in [0.2, 0.25) is 0 Å². The van der Waals surface area contributed by atoms with Crippen molar-refractivity contribution in [3.63, 3.8) is 0 Å². The van der Waals surface area contributed by atoms with Crippen LogP contribution < -0.4 is 0 Å². The molecule has 5 heteroatoms. The SMILES string of the molecule is COCCn1ncc(Cl)c1C(C)CC(C)Br. The van der Waals surface area contributed by atoms with Gasteiger partial charge in [-0.3, -0.25) is 4.68 Å². The lowest BCUT2D eigenvalue weighted by Gasteiger charge is -2.16. The van der Waals surface area contributed by atoms with Crippen LogP contribution in [0.15, 0.2) is 6.20 Å². The third kappa shape index (κ3) is 3.75. The number of alkyl halides is 1. The second kappa shape index (κ2) is 6.62. The van der Waals surface area contributed by atoms with Crippen LogP contribution in [0.1, 0.15) is 31.9 Å². The van der Waals surface area contributed by atoms with E-state index in [1.54, 1.807) is 13.3 Å². The molecule has 1 aromatic heterocycles. The molecule has 2 atom stereocenters. The van der Waals surface area contributed by atoms with Crippen LogP contribution in [0, 0.1) is 0 Å². The molecule has 0 spiro atoms. The zero-order valence-corrected chi connectivity index (χ0v) is 12.3. The van der Waals surface area contributed by atoms with Crippen LogP contribution in [0.3, 0.4) is 0 Å². The van der Waals surface area contributed by atoms with E-state index in [4.69, 9.17) is 16.3 Å². The van der Waals surface area contributed by atoms with Gasteiger partial charge in [-0.25, -0.2) is 0 Å². The Morgan fingerprint density at radius 3 is 2.81 bits per heavy atom. The molecule has 3 nitrogen and oxygen atoms in total. The third-order valence-electron chi connectivity index (χ3n) is 2.49. The number of hydrogen-bond acceptors (Lipinski definition) is 2. The minimum Gasteiger partial charge on any atom is -0.383 e. The molecule has 0 radical (unpaired) electrons. The highest BCUT2D eigenvalue weighted by Crippen LogP contribution is 2.29. The van der Waals surface area contributed by atoms with Crippen molar-refractivity contribution in [2.45, 2.75) is 37.6 Å². The monoisotopic (exact) mass is 308 g/mol. The van der Waals surface area contributed by atoms with Gasteiger partial charge in [0.25, 0.3) is 0 Å². The average Bonchev–Trinajstić information content (AvgIpc) is 2.55. The lowest BCUT2D eigenvalue weighted by atomic mass is 10.0. The van der Waals surface area contributed by atoms with E-state index in [0.717, 1.165) is 23.7 Å². The molecule has 1 aromatic rings. The zero-order valence-electron chi connectivity index (χ0n) is 9.91. The van der Waals surface area contributed by atoms with Crippen LogP contribution in [0.25, 0.3) is 0 Å². The highest BCUT2D eigenvalue weighted by molar-refractivity contribution is 9.09. The largest absolute Gasteiger partial charge is 0.383 e. The second-order valence-electron chi connectivity index (χ2n) is 4.01. The Balaban J connectivity index is 2.79. The summed E-state index contributed by atoms with van der Waals surface area (Å²) in [5.74, 6) is 0.390. The number of aromatic nitrogens is 2. The highest BCUT2D eigenvalue weighted by Gasteiger charge is 2.17. The summed E-state index contributed by atoms with van der Waals surface area (Å²) in [7, 11) is 1.69. The minimum absolute atomic E-state index is 0.390. The van der Waals surface area contributed by atoms with Gasteiger partial charge in [-0.1, -0.05) is 41.4 Å². The highest BCUT2D eigenvalue weighted by atomic mass is 79.9. The second-order valence-corrected chi connectivity index (χ2v) is 5.98. The van der Waals surface area contributed by atoms with Crippen LogP contribution in [0.2, 0.25) is 5.02 Å². The average molecular weight is 310 g/mol. The summed E-state index contributed by atoms with van der Waals surface area (Å²) in [4.78, 5) is 0.476. The lowest BCUT2D eigenvalue weighted by molar-refractivity contribution is 0.182. The molecular weight excluding hydrogens is 291 g/mol. The van der Waals surface area contributed by atoms with E-state index in [9.17, 15) is 0 Å². The summed E-state index contributed by atoms with van der Waals surface area (Å²) in [6.45, 7) is 5.71. The molecule has 0 aliphatic heterocycles. The third-order valence-corrected chi connectivity index (χ3v) is 3.15. The standard InChI is InChI=1S/C11H18BrClN2O/c1-8(6-9(2)12)11-10(13)7-14-15(11)4-5-16-3/h7-9H,4-6H2,1-3H3. The summed E-state index contributed by atoms with van der Waals surface area (Å²) >= 11 is 9.73. The Hall–Kier alpha value is -0.0600. The van der Waals surface area contributed by atoms with E-state index >= 15 is 0 Å². The Morgan fingerprint density at radius 2 is 2.25 bits per heavy atom. The Kier molecular flexibility index (Phi) is 5.79. The fourth-order valence-corrected chi connectivity index (χ4v) is 2.70. The van der Waals surface area contributed by atoms with Gasteiger partial charge in [0.05, 0.1) is 30.1 Å². The molecule has 0 aliphatic rings. The van der Waals surface area contributed by atoms with Crippen LogP contribution in [0.5, 0.6) is 0 Å². The minimum atomic E-state index is 0.390. The Morgan fingerprint density at radius 1 is 1.56 bits per heavy atom. The summed E-state index contributed by atoms with van der Waals surface area (Å²) in [5, 5.41) is 5.02. The van der Waals surface area contributed by atoms with Crippen LogP contribution in [-0.4, -0.2) is 28.3 Å². The summed E-state index contributed by atoms with van der Waals surface area (Å²) in [6.07, 6.45) is 2.75. The smallest absolute Gasteiger partial charge is 0.0820 e. The molecule has 2 unspecified atom stereocenters. The van der Waals surface area contributed by atoms with E-state index in [0.29, 0.717) is 17.4 Å². The molecule has 0 bridgehead atoms. The molecule has 0 saturated heterocycles. The van der Waals surface area contributed by atoms with Gasteiger partial charge in [0, 0.05) is 17.9 Å². The first-order chi connectivity index (χ1) is 7.56. The van der Waals surface area contributed by atoms with Crippen molar-refractivity contribution in [2.75, 3.05) is 13.7 Å². The van der Waals surface area contributed by atoms with Crippen molar-refractivity contribution >= 4 is 27.5 Å². The van der Waals surface area contributed by atoms with E-state index < -0.39 is 0 Å². The first kappa shape index (κ1) is 14.0. The number of hydrogen-bond donors (Lipinski definition) is 0. The van der Waals surface area contributed by atoms with Crippen molar-refractivity contribution in [2.24, 2.45) is 0 Å². The molecule has 16 heavy (non-hydrogen) atoms. The van der Waals surface area contributed by atoms with Crippen LogP contribution in [0.4, 0.5) is 0 Å². The van der Waals surface area contributed by atoms with Crippen molar-refractivity contribution in [1.82, 2.24) is 9.78 Å². The number of rotatable bonds is 6. The first-order valence-corrected chi connectivity index (χ1v) is 6.69. The summed E-state index contributed by atoms with van der Waals surface area (Å²) in [6, 6.07) is 0. The van der Waals surface area contributed by atoms with E-state index in [-0.39, 0.29) is 0 Å². The van der Waals surface area contributed by atoms with Crippen molar-refractivity contribution < 1.29 is 4.74 Å². The topological polar surface area (TPSA) is 27.1 Å². The number of methoxy groups -OCH3 is 1. The first-order valence-electron chi connectivity index (χ1n) is 5.40. The molecule has 0 fully saturated rings. The molecule has 92 valence electrons. The molecule has 0 amide bonds. The zero-order chi connectivity index (χ0) is 12.1. The van der Waals surface area contributed by atoms with Crippen LogP contribution in [-0.2, 0) is 11.3 Å². The number of nitrogens with zero attached hydrogens (tertiary/aromatic N) is 2. The van der Waals surface area contributed by atoms with Crippen molar-refractivity contribution in [1.29, 1.82) is 0 Å². The molecule has 1 heterocycles. The quantitative estimate of drug-likeness (QED) is 0.753. The maximum absolute atomic E-state index is 6.16. The molecule has 0 N–H and O–H groups in total. The van der Waals surface area contributed by atoms with Crippen molar-refractivity contribution in [3.8, 4) is 0 Å². The Bertz CT molecular complexity index is 328. The number of halogens is 2. The maximum atomic E-state index is 6.16. The summed E-state index contributed by atoms with van der Waals surface area (Å²) < 4.78 is 6.99. The van der Waals surface area contributed by atoms with Crippen LogP contribution >= 0.6 is 27.5 Å². The van der Waals surface area contributed by atoms with E-state index in [2.05, 4.69) is 34.9 Å². The predicted molar refractivity (Wildman–Crippen MR) is 70.5 cm³/mol. The van der Waals surface area contributed by atoms with Gasteiger partial charge in [0.15, 0.2) is 0 Å². The summed E-state index contributed by atoms with van der Waals surface area (Å²) in [5.41, 5.74) is 1.10. The molecule has 0 aromatic carbocycles. The van der Waals surface area contributed by atoms with Gasteiger partial charge in [0.1, 0.15) is 0 Å². The molecule has 0 saturated carbocycles. The molecular formula is C11H18BrClN2O. The number of ether oxygens (including phenoxy) is 1. The Labute approximate surface area is 110 Å². The lowest BCUT2D eigenvalue weighted by Crippen LogP contribution is -2.13. The predicted octanol–water partition coefficient (Wildman–Crippen LogP) is 3.46.